The summed E-state index contributed by atoms with van der Waals surface area (Å²) in [5.41, 5.74) is 0.965. The van der Waals surface area contributed by atoms with Crippen molar-refractivity contribution in [2.24, 2.45) is 10.6 Å². The number of sulfonamides is 1. The van der Waals surface area contributed by atoms with E-state index in [0.717, 1.165) is 11.2 Å². The molecule has 2 aromatic rings. The smallest absolute Gasteiger partial charge is 0.235 e. The average molecular weight is 405 g/mol. The van der Waals surface area contributed by atoms with Crippen molar-refractivity contribution >= 4 is 28.1 Å². The molecule has 0 aliphatic rings. The molecule has 7 nitrogen and oxygen atoms in total. The third-order valence-electron chi connectivity index (χ3n) is 4.68. The quantitative estimate of drug-likeness (QED) is 0.764. The lowest BCUT2D eigenvalue weighted by molar-refractivity contribution is 0.146. The monoisotopic (exact) mass is 404 g/mol. The molecule has 9 heteroatoms. The number of rotatable bonds is 7. The largest absolute Gasteiger partial charge is 0.476 e. The summed E-state index contributed by atoms with van der Waals surface area (Å²) in [5, 5.41) is 9.81. The van der Waals surface area contributed by atoms with Crippen molar-refractivity contribution in [2.75, 3.05) is 12.4 Å². The number of ether oxygens (including phenoxy) is 1. The third-order valence-corrected chi connectivity index (χ3v) is 5.70. The predicted octanol–water partition coefficient (Wildman–Crippen LogP) is 2.92. The van der Waals surface area contributed by atoms with Crippen molar-refractivity contribution in [3.63, 3.8) is 0 Å². The fourth-order valence-electron chi connectivity index (χ4n) is 2.83. The van der Waals surface area contributed by atoms with Crippen LogP contribution >= 0.6 is 12.4 Å². The highest BCUT2D eigenvalue weighted by Gasteiger charge is 2.33. The van der Waals surface area contributed by atoms with E-state index in [0.29, 0.717) is 18.7 Å². The van der Waals surface area contributed by atoms with E-state index in [-0.39, 0.29) is 30.2 Å². The van der Waals surface area contributed by atoms with Crippen molar-refractivity contribution in [2.45, 2.75) is 52.9 Å². The Morgan fingerprint density at radius 3 is 2.35 bits per heavy atom. The van der Waals surface area contributed by atoms with Crippen LogP contribution in [0.15, 0.2) is 18.5 Å². The molecule has 0 saturated heterocycles. The fraction of sp³-hybridized carbons (Fsp3) is 0.647. The highest BCUT2D eigenvalue weighted by molar-refractivity contribution is 7.89. The maximum Gasteiger partial charge on any atom is 0.235 e. The topological polar surface area (TPSA) is 99.6 Å². The molecule has 0 radical (unpaired) electrons. The molecule has 0 saturated carbocycles. The van der Waals surface area contributed by atoms with Crippen molar-refractivity contribution in [3.8, 4) is 5.88 Å². The maximum absolute atomic E-state index is 11.6. The number of halogens is 1. The van der Waals surface area contributed by atoms with Gasteiger partial charge in [-0.15, -0.1) is 17.5 Å². The first-order chi connectivity index (χ1) is 11.5. The van der Waals surface area contributed by atoms with E-state index in [1.54, 1.807) is 16.9 Å². The molecule has 2 N–H and O–H groups in total. The average Bonchev–Trinajstić information content (AvgIpc) is 2.96. The van der Waals surface area contributed by atoms with Gasteiger partial charge in [-0.25, -0.2) is 23.1 Å². The van der Waals surface area contributed by atoms with Crippen LogP contribution in [0.25, 0.3) is 5.65 Å². The molecule has 0 atom stereocenters. The minimum Gasteiger partial charge on any atom is -0.476 e. The Balaban J connectivity index is 0.00000338. The van der Waals surface area contributed by atoms with E-state index < -0.39 is 15.4 Å². The van der Waals surface area contributed by atoms with Gasteiger partial charge in [-0.1, -0.05) is 34.6 Å². The van der Waals surface area contributed by atoms with Gasteiger partial charge in [0, 0.05) is 23.4 Å². The van der Waals surface area contributed by atoms with E-state index in [4.69, 9.17) is 9.88 Å². The first-order valence-electron chi connectivity index (χ1n) is 8.48. The van der Waals surface area contributed by atoms with E-state index in [9.17, 15) is 8.42 Å². The number of nitrogens with zero attached hydrogens (tertiary/aromatic N) is 3. The van der Waals surface area contributed by atoms with Gasteiger partial charge in [0.2, 0.25) is 15.9 Å². The number of hydrogen-bond acceptors (Lipinski definition) is 5. The summed E-state index contributed by atoms with van der Waals surface area (Å²) in [4.78, 5) is 4.27. The van der Waals surface area contributed by atoms with Gasteiger partial charge in [0.15, 0.2) is 5.65 Å². The summed E-state index contributed by atoms with van der Waals surface area (Å²) < 4.78 is 31.0. The van der Waals surface area contributed by atoms with E-state index >= 15 is 0 Å². The lowest BCUT2D eigenvalue weighted by atomic mass is 9.85. The van der Waals surface area contributed by atoms with Crippen LogP contribution in [0.3, 0.4) is 0 Å². The molecule has 0 aliphatic heterocycles. The first kappa shape index (κ1) is 22.7. The Morgan fingerprint density at radius 1 is 1.23 bits per heavy atom. The number of nitrogens with two attached hydrogens (primary N) is 1. The molecule has 0 aromatic carbocycles. The zero-order valence-electron chi connectivity index (χ0n) is 16.0. The molecule has 148 valence electrons. The standard InChI is InChI=1S/C17H28N4O3S.ClH/c1-6-17(7-2,12-25(18,22)23)11-24-15-13(16(3,4)5)10-14-19-8-9-21(14)20-15;/h8-10H,6-7,11-12H2,1-5H3,(H2,18,22,23);1H. The lowest BCUT2D eigenvalue weighted by Gasteiger charge is -2.31. The second-order valence-corrected chi connectivity index (χ2v) is 9.26. The minimum absolute atomic E-state index is 0. The molecule has 0 unspecified atom stereocenters. The van der Waals surface area contributed by atoms with Gasteiger partial charge < -0.3 is 4.74 Å². The van der Waals surface area contributed by atoms with Crippen LogP contribution < -0.4 is 9.88 Å². The summed E-state index contributed by atoms with van der Waals surface area (Å²) in [7, 11) is -3.59. The molecular weight excluding hydrogens is 376 g/mol. The molecule has 0 bridgehead atoms. The van der Waals surface area contributed by atoms with Crippen molar-refractivity contribution in [1.82, 2.24) is 14.6 Å². The molecule has 0 fully saturated rings. The van der Waals surface area contributed by atoms with E-state index in [2.05, 4.69) is 30.9 Å². The second kappa shape index (κ2) is 8.10. The van der Waals surface area contributed by atoms with Crippen LogP contribution in [-0.2, 0) is 15.4 Å². The van der Waals surface area contributed by atoms with E-state index in [1.807, 2.05) is 19.9 Å². The van der Waals surface area contributed by atoms with E-state index in [1.165, 1.54) is 0 Å². The molecule has 2 aromatic heterocycles. The van der Waals surface area contributed by atoms with Gasteiger partial charge in [0.25, 0.3) is 0 Å². The molecule has 2 rings (SSSR count). The first-order valence-corrected chi connectivity index (χ1v) is 10.2. The van der Waals surface area contributed by atoms with Crippen LogP contribution in [0.1, 0.15) is 53.0 Å². The maximum atomic E-state index is 11.6. The lowest BCUT2D eigenvalue weighted by Crippen LogP contribution is -2.38. The van der Waals surface area contributed by atoms with Gasteiger partial charge >= 0.3 is 0 Å². The molecule has 0 amide bonds. The number of fused-ring (bicyclic) bond motifs is 1. The second-order valence-electron chi connectivity index (χ2n) is 7.65. The van der Waals surface area contributed by atoms with Crippen molar-refractivity contribution < 1.29 is 13.2 Å². The zero-order chi connectivity index (χ0) is 18.9. The summed E-state index contributed by atoms with van der Waals surface area (Å²) in [6, 6.07) is 1.96. The minimum atomic E-state index is -3.59. The van der Waals surface area contributed by atoms with Crippen LogP contribution in [0.5, 0.6) is 5.88 Å². The molecule has 26 heavy (non-hydrogen) atoms. The van der Waals surface area contributed by atoms with Gasteiger partial charge in [-0.2, -0.15) is 0 Å². The fourth-order valence-corrected chi connectivity index (χ4v) is 4.18. The number of hydrogen-bond donors (Lipinski definition) is 1. The predicted molar refractivity (Wildman–Crippen MR) is 105 cm³/mol. The highest BCUT2D eigenvalue weighted by Crippen LogP contribution is 2.33. The summed E-state index contributed by atoms with van der Waals surface area (Å²) >= 11 is 0. The van der Waals surface area contributed by atoms with Crippen molar-refractivity contribution in [3.05, 3.63) is 24.0 Å². The Hall–Kier alpha value is -1.38. The Kier molecular flexibility index (Phi) is 7.06. The van der Waals surface area contributed by atoms with Crippen LogP contribution in [0, 0.1) is 5.41 Å². The third kappa shape index (κ3) is 5.31. The number of primary sulfonamides is 1. The molecule has 2 heterocycles. The van der Waals surface area contributed by atoms with Crippen LogP contribution in [0.4, 0.5) is 0 Å². The summed E-state index contributed by atoms with van der Waals surface area (Å²) in [5.74, 6) is 0.393. The normalized spacial score (nSPS) is 12.8. The van der Waals surface area contributed by atoms with Crippen molar-refractivity contribution in [1.29, 1.82) is 0 Å². The van der Waals surface area contributed by atoms with Gasteiger partial charge in [-0.3, -0.25) is 0 Å². The summed E-state index contributed by atoms with van der Waals surface area (Å²) in [6.45, 7) is 10.4. The van der Waals surface area contributed by atoms with Crippen LogP contribution in [-0.4, -0.2) is 35.4 Å². The van der Waals surface area contributed by atoms with Gasteiger partial charge in [0.1, 0.15) is 0 Å². The number of aromatic nitrogens is 3. The molecular formula is C17H29ClN4O3S. The number of imidazole rings is 1. The Bertz CT molecular complexity index is 839. The Labute approximate surface area is 161 Å². The van der Waals surface area contributed by atoms with Crippen LogP contribution in [0.2, 0.25) is 0 Å². The summed E-state index contributed by atoms with van der Waals surface area (Å²) in [6.07, 6.45) is 4.74. The van der Waals surface area contributed by atoms with Gasteiger partial charge in [-0.05, 0) is 24.3 Å². The SMILES string of the molecule is CCC(CC)(COc1nn2ccnc2cc1C(C)(C)C)CS(N)(=O)=O.Cl. The van der Waals surface area contributed by atoms with Gasteiger partial charge in [0.05, 0.1) is 12.4 Å². The zero-order valence-corrected chi connectivity index (χ0v) is 17.7. The Morgan fingerprint density at radius 2 is 1.85 bits per heavy atom. The molecule has 0 spiro atoms. The molecule has 0 aliphatic carbocycles. The highest BCUT2D eigenvalue weighted by atomic mass is 35.5.